The smallest absolute Gasteiger partial charge is 0.308 e. The molecule has 0 aliphatic carbocycles. The highest BCUT2D eigenvalue weighted by molar-refractivity contribution is 8.20. The van der Waals surface area contributed by atoms with Crippen LogP contribution in [0.3, 0.4) is 0 Å². The summed E-state index contributed by atoms with van der Waals surface area (Å²) in [5.74, 6) is 0. The van der Waals surface area contributed by atoms with Crippen LogP contribution in [0.1, 0.15) is 19.4 Å². The molecule has 1 rings (SSSR count). The number of halogens is 2. The third-order valence-electron chi connectivity index (χ3n) is 1.92. The van der Waals surface area contributed by atoms with E-state index in [9.17, 15) is 0 Å². The molecule has 0 bridgehead atoms. The second kappa shape index (κ2) is 9.09. The van der Waals surface area contributed by atoms with E-state index < -0.39 is 6.12 Å². The average Bonchev–Trinajstić information content (AvgIpc) is 2.30. The van der Waals surface area contributed by atoms with E-state index in [1.165, 1.54) is 0 Å². The molecule has 1 aromatic rings. The molecule has 0 saturated carbocycles. The second-order valence-corrected chi connectivity index (χ2v) is 8.56. The van der Waals surface area contributed by atoms with Crippen LogP contribution in [0.2, 0.25) is 0 Å². The second-order valence-electron chi connectivity index (χ2n) is 3.21. The fourth-order valence-electron chi connectivity index (χ4n) is 1.03. The molecule has 0 fully saturated rings. The molecule has 3 nitrogen and oxygen atoms in total. The van der Waals surface area contributed by atoms with E-state index in [1.54, 1.807) is 0 Å². The summed E-state index contributed by atoms with van der Waals surface area (Å²) in [6.45, 7) is 6.18. The first-order chi connectivity index (χ1) is 7.95. The number of benzene rings is 1. The van der Waals surface area contributed by atoms with Gasteiger partial charge in [0.05, 0.1) is 0 Å². The van der Waals surface area contributed by atoms with Gasteiger partial charge in [-0.2, -0.15) is 5.50 Å². The van der Waals surface area contributed by atoms with Crippen molar-refractivity contribution in [3.63, 3.8) is 0 Å². The Morgan fingerprint density at radius 2 is 1.59 bits per heavy atom. The van der Waals surface area contributed by atoms with Crippen molar-refractivity contribution < 1.29 is 4.74 Å². The van der Waals surface area contributed by atoms with E-state index >= 15 is 0 Å². The van der Waals surface area contributed by atoms with Crippen molar-refractivity contribution in [2.45, 2.75) is 20.4 Å². The van der Waals surface area contributed by atoms with Crippen LogP contribution in [0.5, 0.6) is 0 Å². The minimum Gasteiger partial charge on any atom is -0.382 e. The van der Waals surface area contributed by atoms with Crippen molar-refractivity contribution >= 4 is 33.9 Å². The number of ether oxygens (including phenoxy) is 1. The van der Waals surface area contributed by atoms with Gasteiger partial charge in [0.2, 0.25) is 0 Å². The van der Waals surface area contributed by atoms with Gasteiger partial charge in [-0.05, 0) is 31.5 Å². The molecular weight excluding hydrogens is 278 g/mol. The number of rotatable bonds is 4. The molecule has 0 amide bonds. The third kappa shape index (κ3) is 7.93. The lowest BCUT2D eigenvalue weighted by molar-refractivity contribution is 0.162. The van der Waals surface area contributed by atoms with E-state index in [0.29, 0.717) is 6.54 Å². The van der Waals surface area contributed by atoms with Gasteiger partial charge >= 0.3 is 6.12 Å². The van der Waals surface area contributed by atoms with Gasteiger partial charge in [0, 0.05) is 19.8 Å². The lowest BCUT2D eigenvalue weighted by atomic mass is 10.2. The van der Waals surface area contributed by atoms with Crippen LogP contribution in [0.25, 0.3) is 0 Å². The Hall–Kier alpha value is 0.110. The number of hydrogen-bond acceptors (Lipinski definition) is 3. The van der Waals surface area contributed by atoms with Gasteiger partial charge in [-0.25, -0.2) is 0 Å². The fraction of sp³-hybridized carbons (Fsp3) is 0.455. The average molecular weight is 298 g/mol. The summed E-state index contributed by atoms with van der Waals surface area (Å²) < 4.78 is 4.83. The van der Waals surface area contributed by atoms with Crippen LogP contribution in [0.4, 0.5) is 0 Å². The van der Waals surface area contributed by atoms with Gasteiger partial charge in [0.25, 0.3) is 0 Å². The van der Waals surface area contributed by atoms with Gasteiger partial charge < -0.3 is 10.5 Å². The zero-order valence-electron chi connectivity index (χ0n) is 10.2. The summed E-state index contributed by atoms with van der Waals surface area (Å²) >= 11 is 11.6. The Morgan fingerprint density at radius 1 is 1.12 bits per heavy atom. The van der Waals surface area contributed by atoms with Gasteiger partial charge in [0.15, 0.2) is 0 Å². The van der Waals surface area contributed by atoms with Crippen molar-refractivity contribution in [3.05, 3.63) is 29.8 Å². The summed E-state index contributed by atoms with van der Waals surface area (Å²) in [6, 6.07) is 7.38. The van der Waals surface area contributed by atoms with Gasteiger partial charge in [0.1, 0.15) is 27.8 Å². The molecule has 0 atom stereocenters. The van der Waals surface area contributed by atoms with Crippen LogP contribution in [-0.4, -0.2) is 13.2 Å². The first-order valence-corrected chi connectivity index (χ1v) is 9.06. The Kier molecular flexibility index (Phi) is 9.15. The molecule has 4 N–H and O–H groups in total. The molecule has 0 aliphatic heterocycles. The molecule has 6 heteroatoms. The van der Waals surface area contributed by atoms with Gasteiger partial charge in [-0.15, -0.1) is 0 Å². The SMILES string of the molecule is CCOCC.NCc1ccc([P+](N)(Cl)Cl)cc1. The summed E-state index contributed by atoms with van der Waals surface area (Å²) in [6.07, 6.45) is -2.39. The normalized spacial score (nSPS) is 10.7. The summed E-state index contributed by atoms with van der Waals surface area (Å²) in [5, 5.41) is 0.781. The predicted molar refractivity (Wildman–Crippen MR) is 78.9 cm³/mol. The largest absolute Gasteiger partial charge is 0.382 e. The highest BCUT2D eigenvalue weighted by Gasteiger charge is 2.32. The summed E-state index contributed by atoms with van der Waals surface area (Å²) in [4.78, 5) is 0. The minimum absolute atomic E-state index is 0.515. The molecule has 17 heavy (non-hydrogen) atoms. The highest BCUT2D eigenvalue weighted by Crippen LogP contribution is 2.59. The maximum atomic E-state index is 5.78. The van der Waals surface area contributed by atoms with Gasteiger partial charge in [-0.1, -0.05) is 12.1 Å². The third-order valence-corrected chi connectivity index (χ3v) is 4.08. The van der Waals surface area contributed by atoms with E-state index in [1.807, 2.05) is 38.1 Å². The lowest BCUT2D eigenvalue weighted by Crippen LogP contribution is -2.09. The van der Waals surface area contributed by atoms with Crippen LogP contribution in [-0.2, 0) is 11.3 Å². The summed E-state index contributed by atoms with van der Waals surface area (Å²) in [7, 11) is 0. The zero-order chi connectivity index (χ0) is 13.3. The van der Waals surface area contributed by atoms with Crippen molar-refractivity contribution in [3.8, 4) is 0 Å². The first-order valence-electron chi connectivity index (χ1n) is 5.39. The van der Waals surface area contributed by atoms with Crippen LogP contribution < -0.4 is 16.5 Å². The van der Waals surface area contributed by atoms with Crippen molar-refractivity contribution in [1.82, 2.24) is 0 Å². The maximum Gasteiger partial charge on any atom is 0.308 e. The zero-order valence-corrected chi connectivity index (χ0v) is 12.6. The Morgan fingerprint density at radius 3 is 1.82 bits per heavy atom. The fourth-order valence-corrected chi connectivity index (χ4v) is 2.26. The van der Waals surface area contributed by atoms with E-state index in [0.717, 1.165) is 24.1 Å². The molecule has 0 radical (unpaired) electrons. The topological polar surface area (TPSA) is 61.3 Å². The van der Waals surface area contributed by atoms with Crippen LogP contribution >= 0.6 is 28.6 Å². The molecule has 0 unspecified atom stereocenters. The molecule has 0 saturated heterocycles. The first kappa shape index (κ1) is 17.1. The Labute approximate surface area is 113 Å². The van der Waals surface area contributed by atoms with E-state index in [4.69, 9.17) is 38.5 Å². The molecular formula is C11H20Cl2N2OP+. The maximum absolute atomic E-state index is 5.78. The lowest BCUT2D eigenvalue weighted by Gasteiger charge is -2.02. The quantitative estimate of drug-likeness (QED) is 0.840. The van der Waals surface area contributed by atoms with Crippen molar-refractivity contribution in [2.24, 2.45) is 11.2 Å². The minimum atomic E-state index is -2.39. The predicted octanol–water partition coefficient (Wildman–Crippen LogP) is 3.01. The van der Waals surface area contributed by atoms with E-state index in [2.05, 4.69) is 0 Å². The monoisotopic (exact) mass is 297 g/mol. The molecule has 1 aromatic carbocycles. The molecule has 0 heterocycles. The molecule has 0 aromatic heterocycles. The van der Waals surface area contributed by atoms with Crippen molar-refractivity contribution in [1.29, 1.82) is 0 Å². The number of nitrogens with two attached hydrogens (primary N) is 2. The van der Waals surface area contributed by atoms with Gasteiger partial charge in [-0.3, -0.25) is 0 Å². The summed E-state index contributed by atoms with van der Waals surface area (Å²) in [5.41, 5.74) is 12.0. The standard InChI is InChI=1S/C7H10Cl2N2P.C4H10O/c8-12(9,11)7-3-1-6(5-10)2-4-7;1-3-5-4-2/h1-4H,5,10-11H2;3-4H2,1-2H3/q+1;. The number of hydrogen-bond donors (Lipinski definition) is 2. The Bertz CT molecular complexity index is 299. The molecule has 0 aliphatic rings. The van der Waals surface area contributed by atoms with Crippen LogP contribution in [0.15, 0.2) is 24.3 Å². The van der Waals surface area contributed by atoms with E-state index in [-0.39, 0.29) is 0 Å². The Balaban J connectivity index is 0.000000437. The van der Waals surface area contributed by atoms with Crippen LogP contribution in [0, 0.1) is 0 Å². The highest BCUT2D eigenvalue weighted by atomic mass is 35.9. The molecule has 98 valence electrons. The van der Waals surface area contributed by atoms with Crippen molar-refractivity contribution in [2.75, 3.05) is 13.2 Å². The molecule has 0 spiro atoms.